The van der Waals surface area contributed by atoms with E-state index in [1.54, 1.807) is 0 Å². The lowest BCUT2D eigenvalue weighted by atomic mass is 9.80. The van der Waals surface area contributed by atoms with Crippen molar-refractivity contribution in [1.29, 1.82) is 0 Å². The van der Waals surface area contributed by atoms with Crippen LogP contribution in [0.15, 0.2) is 30.3 Å². The van der Waals surface area contributed by atoms with Gasteiger partial charge in [-0.15, -0.1) is 0 Å². The zero-order valence-electron chi connectivity index (χ0n) is 11.8. The van der Waals surface area contributed by atoms with Gasteiger partial charge in [-0.05, 0) is 36.7 Å². The van der Waals surface area contributed by atoms with E-state index in [0.29, 0.717) is 11.8 Å². The summed E-state index contributed by atoms with van der Waals surface area (Å²) in [6, 6.07) is 9.26. The Hall–Kier alpha value is -1.35. The van der Waals surface area contributed by atoms with Crippen LogP contribution < -0.4 is 11.1 Å². The third-order valence-corrected chi connectivity index (χ3v) is 3.97. The predicted octanol–water partition coefficient (Wildman–Crippen LogP) is 2.63. The first-order valence-electron chi connectivity index (χ1n) is 7.17. The number of hydrogen-bond acceptors (Lipinski definition) is 2. The molecular formula is C16H24N2O. The Bertz CT molecular complexity index is 408. The Balaban J connectivity index is 1.93. The van der Waals surface area contributed by atoms with Gasteiger partial charge in [0.05, 0.1) is 0 Å². The van der Waals surface area contributed by atoms with Crippen molar-refractivity contribution in [3.05, 3.63) is 35.9 Å². The van der Waals surface area contributed by atoms with E-state index >= 15 is 0 Å². The number of rotatable bonds is 3. The molecule has 2 unspecified atom stereocenters. The van der Waals surface area contributed by atoms with Gasteiger partial charge in [0.2, 0.25) is 5.91 Å². The molecule has 1 saturated carbocycles. The summed E-state index contributed by atoms with van der Waals surface area (Å²) in [5.41, 5.74) is 6.89. The van der Waals surface area contributed by atoms with Crippen LogP contribution in [0.2, 0.25) is 0 Å². The monoisotopic (exact) mass is 260 g/mol. The van der Waals surface area contributed by atoms with E-state index in [1.807, 2.05) is 30.3 Å². The van der Waals surface area contributed by atoms with Gasteiger partial charge < -0.3 is 11.1 Å². The van der Waals surface area contributed by atoms with Gasteiger partial charge in [-0.3, -0.25) is 4.79 Å². The van der Waals surface area contributed by atoms with Crippen LogP contribution in [0.3, 0.4) is 0 Å². The van der Waals surface area contributed by atoms with Crippen LogP contribution in [0.25, 0.3) is 0 Å². The van der Waals surface area contributed by atoms with Crippen LogP contribution in [0.4, 0.5) is 0 Å². The molecule has 1 fully saturated rings. The van der Waals surface area contributed by atoms with Crippen LogP contribution in [-0.4, -0.2) is 11.9 Å². The van der Waals surface area contributed by atoms with Crippen LogP contribution in [0.1, 0.15) is 44.7 Å². The molecule has 0 spiro atoms. The highest BCUT2D eigenvalue weighted by Crippen LogP contribution is 2.28. The Kier molecular flexibility index (Phi) is 4.59. The second-order valence-corrected chi connectivity index (χ2v) is 6.01. The molecule has 0 radical (unpaired) electrons. The summed E-state index contributed by atoms with van der Waals surface area (Å²) in [5, 5.41) is 3.11. The summed E-state index contributed by atoms with van der Waals surface area (Å²) < 4.78 is 0. The van der Waals surface area contributed by atoms with Gasteiger partial charge in [0, 0.05) is 6.04 Å². The predicted molar refractivity (Wildman–Crippen MR) is 77.5 cm³/mol. The molecule has 1 aliphatic rings. The fraction of sp³-hybridized carbons (Fsp3) is 0.562. The molecule has 1 aromatic carbocycles. The van der Waals surface area contributed by atoms with Crippen molar-refractivity contribution >= 4 is 5.91 Å². The molecule has 3 nitrogen and oxygen atoms in total. The number of carbonyl (C=O) groups excluding carboxylic acids is 1. The van der Waals surface area contributed by atoms with E-state index in [-0.39, 0.29) is 11.9 Å². The Labute approximate surface area is 115 Å². The maximum Gasteiger partial charge on any atom is 0.241 e. The zero-order chi connectivity index (χ0) is 13.8. The second-order valence-electron chi connectivity index (χ2n) is 6.01. The summed E-state index contributed by atoms with van der Waals surface area (Å²) in [7, 11) is 0. The molecular weight excluding hydrogens is 236 g/mol. The Morgan fingerprint density at radius 2 is 1.74 bits per heavy atom. The maximum atomic E-state index is 12.2. The molecule has 1 aliphatic carbocycles. The van der Waals surface area contributed by atoms with Crippen LogP contribution in [-0.2, 0) is 4.79 Å². The molecule has 0 aliphatic heterocycles. The number of carbonyl (C=O) groups is 1. The normalized spacial score (nSPS) is 28.7. The summed E-state index contributed by atoms with van der Waals surface area (Å²) >= 11 is 0. The number of benzene rings is 1. The molecule has 1 aromatic rings. The molecule has 19 heavy (non-hydrogen) atoms. The molecule has 1 amide bonds. The number of nitrogens with one attached hydrogen (secondary N) is 1. The largest absolute Gasteiger partial charge is 0.352 e. The summed E-state index contributed by atoms with van der Waals surface area (Å²) in [5.74, 6) is 1.31. The molecule has 3 atom stereocenters. The zero-order valence-corrected chi connectivity index (χ0v) is 11.8. The van der Waals surface area contributed by atoms with Crippen molar-refractivity contribution in [3.63, 3.8) is 0 Å². The molecule has 3 N–H and O–H groups in total. The maximum absolute atomic E-state index is 12.2. The van der Waals surface area contributed by atoms with Crippen molar-refractivity contribution in [3.8, 4) is 0 Å². The first-order chi connectivity index (χ1) is 9.06. The van der Waals surface area contributed by atoms with Crippen LogP contribution in [0.5, 0.6) is 0 Å². The lowest BCUT2D eigenvalue weighted by Gasteiger charge is -2.32. The smallest absolute Gasteiger partial charge is 0.241 e. The van der Waals surface area contributed by atoms with Crippen LogP contribution >= 0.6 is 0 Å². The van der Waals surface area contributed by atoms with E-state index in [4.69, 9.17) is 5.73 Å². The van der Waals surface area contributed by atoms with E-state index in [2.05, 4.69) is 19.2 Å². The molecule has 3 heteroatoms. The van der Waals surface area contributed by atoms with Gasteiger partial charge in [-0.1, -0.05) is 44.2 Å². The average Bonchev–Trinajstić information content (AvgIpc) is 2.37. The SMILES string of the molecule is CC1CC(C)CC(NC(=O)[C@@H](N)c2ccccc2)C1. The van der Waals surface area contributed by atoms with E-state index in [0.717, 1.165) is 18.4 Å². The van der Waals surface area contributed by atoms with Crippen molar-refractivity contribution in [2.75, 3.05) is 0 Å². The average molecular weight is 260 g/mol. The highest BCUT2D eigenvalue weighted by molar-refractivity contribution is 5.83. The minimum atomic E-state index is -0.561. The third-order valence-electron chi connectivity index (χ3n) is 3.97. The summed E-state index contributed by atoms with van der Waals surface area (Å²) in [4.78, 5) is 12.2. The first-order valence-corrected chi connectivity index (χ1v) is 7.17. The number of hydrogen-bond donors (Lipinski definition) is 2. The molecule has 0 heterocycles. The fourth-order valence-electron chi connectivity index (χ4n) is 3.17. The summed E-state index contributed by atoms with van der Waals surface area (Å²) in [6.45, 7) is 4.51. The topological polar surface area (TPSA) is 55.1 Å². The van der Waals surface area contributed by atoms with Crippen molar-refractivity contribution in [1.82, 2.24) is 5.32 Å². The number of amides is 1. The van der Waals surface area contributed by atoms with Crippen molar-refractivity contribution in [2.24, 2.45) is 17.6 Å². The molecule has 2 rings (SSSR count). The highest BCUT2D eigenvalue weighted by atomic mass is 16.2. The van der Waals surface area contributed by atoms with E-state index < -0.39 is 6.04 Å². The highest BCUT2D eigenvalue weighted by Gasteiger charge is 2.26. The molecule has 0 aromatic heterocycles. The van der Waals surface area contributed by atoms with E-state index in [9.17, 15) is 4.79 Å². The minimum Gasteiger partial charge on any atom is -0.352 e. The molecule has 0 saturated heterocycles. The van der Waals surface area contributed by atoms with Gasteiger partial charge in [0.15, 0.2) is 0 Å². The lowest BCUT2D eigenvalue weighted by Crippen LogP contribution is -2.44. The Morgan fingerprint density at radius 3 is 2.32 bits per heavy atom. The van der Waals surface area contributed by atoms with Crippen molar-refractivity contribution < 1.29 is 4.79 Å². The standard InChI is InChI=1S/C16H24N2O/c1-11-8-12(2)10-14(9-11)18-16(19)15(17)13-6-4-3-5-7-13/h3-7,11-12,14-15H,8-10,17H2,1-2H3,(H,18,19)/t11?,12?,14?,15-/m0/s1. The van der Waals surface area contributed by atoms with Gasteiger partial charge in [0.25, 0.3) is 0 Å². The molecule has 0 bridgehead atoms. The van der Waals surface area contributed by atoms with Crippen molar-refractivity contribution in [2.45, 2.75) is 45.2 Å². The Morgan fingerprint density at radius 1 is 1.16 bits per heavy atom. The van der Waals surface area contributed by atoms with Gasteiger partial charge in [-0.25, -0.2) is 0 Å². The van der Waals surface area contributed by atoms with Gasteiger partial charge in [0.1, 0.15) is 6.04 Å². The minimum absolute atomic E-state index is 0.0579. The van der Waals surface area contributed by atoms with Gasteiger partial charge in [-0.2, -0.15) is 0 Å². The van der Waals surface area contributed by atoms with E-state index in [1.165, 1.54) is 6.42 Å². The van der Waals surface area contributed by atoms with Gasteiger partial charge >= 0.3 is 0 Å². The lowest BCUT2D eigenvalue weighted by molar-refractivity contribution is -0.123. The quantitative estimate of drug-likeness (QED) is 0.877. The summed E-state index contributed by atoms with van der Waals surface area (Å²) in [6.07, 6.45) is 3.40. The second kappa shape index (κ2) is 6.20. The van der Waals surface area contributed by atoms with Crippen LogP contribution in [0, 0.1) is 11.8 Å². The fourth-order valence-corrected chi connectivity index (χ4v) is 3.17. The first kappa shape index (κ1) is 14.1. The third kappa shape index (κ3) is 3.80. The molecule has 104 valence electrons. The number of nitrogens with two attached hydrogens (primary N) is 1.